The number of carboxylic acid groups (broad SMARTS) is 1. The minimum Gasteiger partial charge on any atom is -0.478 e. The first-order valence-electron chi connectivity index (χ1n) is 5.54. The summed E-state index contributed by atoms with van der Waals surface area (Å²) in [6.07, 6.45) is 1.94. The molecular formula is C12H13F2NO2. The number of benzene rings is 1. The Kier molecular flexibility index (Phi) is 3.00. The van der Waals surface area contributed by atoms with Gasteiger partial charge >= 0.3 is 5.97 Å². The molecule has 17 heavy (non-hydrogen) atoms. The summed E-state index contributed by atoms with van der Waals surface area (Å²) in [5.41, 5.74) is -0.476. The summed E-state index contributed by atoms with van der Waals surface area (Å²) in [7, 11) is 0. The van der Waals surface area contributed by atoms with Crippen molar-refractivity contribution in [3.8, 4) is 0 Å². The molecule has 1 N–H and O–H groups in total. The number of carbonyl (C=O) groups is 1. The first-order valence-corrected chi connectivity index (χ1v) is 5.54. The summed E-state index contributed by atoms with van der Waals surface area (Å²) < 4.78 is 27.3. The topological polar surface area (TPSA) is 40.5 Å². The van der Waals surface area contributed by atoms with E-state index in [2.05, 4.69) is 0 Å². The van der Waals surface area contributed by atoms with Gasteiger partial charge < -0.3 is 10.0 Å². The van der Waals surface area contributed by atoms with E-state index in [1.807, 2.05) is 6.92 Å². The van der Waals surface area contributed by atoms with Gasteiger partial charge in [0.2, 0.25) is 0 Å². The van der Waals surface area contributed by atoms with Gasteiger partial charge in [0.1, 0.15) is 0 Å². The van der Waals surface area contributed by atoms with Crippen LogP contribution in [-0.2, 0) is 0 Å². The lowest BCUT2D eigenvalue weighted by atomic mass is 10.1. The molecule has 0 saturated heterocycles. The summed E-state index contributed by atoms with van der Waals surface area (Å²) in [5, 5.41) is 8.68. The zero-order valence-electron chi connectivity index (χ0n) is 9.41. The van der Waals surface area contributed by atoms with Gasteiger partial charge in [-0.15, -0.1) is 0 Å². The predicted molar refractivity (Wildman–Crippen MR) is 59.4 cm³/mol. The Balaban J connectivity index is 2.42. The molecule has 1 saturated carbocycles. The second-order valence-corrected chi connectivity index (χ2v) is 4.08. The van der Waals surface area contributed by atoms with Crippen LogP contribution in [0.3, 0.4) is 0 Å². The standard InChI is InChI=1S/C12H13F2NO2/c1-2-15(7-3-4-7)9-6-5-8(12(16)17)10(13)11(9)14/h5-7H,2-4H2,1H3,(H,16,17). The number of nitrogens with zero attached hydrogens (tertiary/aromatic N) is 1. The Bertz CT molecular complexity index is 458. The van der Waals surface area contributed by atoms with Crippen LogP contribution >= 0.6 is 0 Å². The van der Waals surface area contributed by atoms with Crippen molar-refractivity contribution >= 4 is 11.7 Å². The van der Waals surface area contributed by atoms with Crippen molar-refractivity contribution in [3.63, 3.8) is 0 Å². The van der Waals surface area contributed by atoms with Crippen molar-refractivity contribution in [2.24, 2.45) is 0 Å². The van der Waals surface area contributed by atoms with Crippen molar-refractivity contribution in [1.82, 2.24) is 0 Å². The molecule has 0 amide bonds. The van der Waals surface area contributed by atoms with Crippen LogP contribution in [0.15, 0.2) is 12.1 Å². The largest absolute Gasteiger partial charge is 0.478 e. The quantitative estimate of drug-likeness (QED) is 0.881. The van der Waals surface area contributed by atoms with E-state index in [1.165, 1.54) is 6.07 Å². The molecule has 3 nitrogen and oxygen atoms in total. The molecule has 1 aromatic carbocycles. The fraction of sp³-hybridized carbons (Fsp3) is 0.417. The number of rotatable bonds is 4. The Hall–Kier alpha value is -1.65. The van der Waals surface area contributed by atoms with Crippen molar-refractivity contribution in [2.45, 2.75) is 25.8 Å². The molecule has 1 aliphatic rings. The number of anilines is 1. The first kappa shape index (κ1) is 11.8. The zero-order valence-corrected chi connectivity index (χ0v) is 9.41. The van der Waals surface area contributed by atoms with Gasteiger partial charge in [-0.05, 0) is 31.9 Å². The van der Waals surface area contributed by atoms with Gasteiger partial charge in [0.05, 0.1) is 11.3 Å². The summed E-state index contributed by atoms with van der Waals surface area (Å²) in [6, 6.07) is 2.70. The summed E-state index contributed by atoms with van der Waals surface area (Å²) >= 11 is 0. The number of hydrogen-bond donors (Lipinski definition) is 1. The highest BCUT2D eigenvalue weighted by atomic mass is 19.2. The molecule has 0 aromatic heterocycles. The lowest BCUT2D eigenvalue weighted by Crippen LogP contribution is -2.26. The number of hydrogen-bond acceptors (Lipinski definition) is 2. The van der Waals surface area contributed by atoms with Crippen LogP contribution in [0.4, 0.5) is 14.5 Å². The van der Waals surface area contributed by atoms with Crippen LogP contribution in [0.2, 0.25) is 0 Å². The number of halogens is 2. The van der Waals surface area contributed by atoms with Gasteiger partial charge in [-0.3, -0.25) is 0 Å². The van der Waals surface area contributed by atoms with Crippen LogP contribution in [0.5, 0.6) is 0 Å². The van der Waals surface area contributed by atoms with Gasteiger partial charge in [0.25, 0.3) is 0 Å². The summed E-state index contributed by atoms with van der Waals surface area (Å²) in [4.78, 5) is 12.4. The Morgan fingerprint density at radius 2 is 2.06 bits per heavy atom. The number of carboxylic acids is 1. The molecule has 0 heterocycles. The molecule has 0 radical (unpaired) electrons. The van der Waals surface area contributed by atoms with E-state index in [0.29, 0.717) is 6.54 Å². The van der Waals surface area contributed by atoms with Gasteiger partial charge in [0, 0.05) is 12.6 Å². The van der Waals surface area contributed by atoms with Gasteiger partial charge in [-0.2, -0.15) is 0 Å². The molecule has 0 bridgehead atoms. The molecule has 92 valence electrons. The molecule has 2 rings (SSSR count). The Morgan fingerprint density at radius 1 is 1.41 bits per heavy atom. The van der Waals surface area contributed by atoms with Crippen LogP contribution in [-0.4, -0.2) is 23.7 Å². The van der Waals surface area contributed by atoms with E-state index in [1.54, 1.807) is 4.90 Å². The van der Waals surface area contributed by atoms with E-state index in [0.717, 1.165) is 18.9 Å². The highest BCUT2D eigenvalue weighted by Crippen LogP contribution is 2.34. The maximum absolute atomic E-state index is 13.8. The fourth-order valence-electron chi connectivity index (χ4n) is 1.94. The maximum atomic E-state index is 13.8. The van der Waals surface area contributed by atoms with Crippen LogP contribution < -0.4 is 4.90 Å². The van der Waals surface area contributed by atoms with Crippen molar-refractivity contribution in [2.75, 3.05) is 11.4 Å². The number of aromatic carboxylic acids is 1. The average Bonchev–Trinajstić information content (AvgIpc) is 3.09. The third-order valence-corrected chi connectivity index (χ3v) is 2.93. The molecule has 5 heteroatoms. The molecule has 1 aliphatic carbocycles. The van der Waals surface area contributed by atoms with Crippen molar-refractivity contribution in [3.05, 3.63) is 29.3 Å². The monoisotopic (exact) mass is 241 g/mol. The second kappa shape index (κ2) is 4.31. The van der Waals surface area contributed by atoms with E-state index in [9.17, 15) is 13.6 Å². The van der Waals surface area contributed by atoms with Crippen LogP contribution in [0, 0.1) is 11.6 Å². The smallest absolute Gasteiger partial charge is 0.338 e. The molecule has 0 unspecified atom stereocenters. The maximum Gasteiger partial charge on any atom is 0.338 e. The van der Waals surface area contributed by atoms with E-state index < -0.39 is 23.2 Å². The summed E-state index contributed by atoms with van der Waals surface area (Å²) in [5.74, 6) is -3.81. The van der Waals surface area contributed by atoms with Gasteiger partial charge in [-0.25, -0.2) is 13.6 Å². The summed E-state index contributed by atoms with van der Waals surface area (Å²) in [6.45, 7) is 2.44. The van der Waals surface area contributed by atoms with Crippen molar-refractivity contribution in [1.29, 1.82) is 0 Å². The normalized spacial score (nSPS) is 14.8. The van der Waals surface area contributed by atoms with Crippen molar-refractivity contribution < 1.29 is 18.7 Å². The molecule has 0 spiro atoms. The molecule has 0 atom stereocenters. The second-order valence-electron chi connectivity index (χ2n) is 4.08. The molecule has 0 aliphatic heterocycles. The predicted octanol–water partition coefficient (Wildman–Crippen LogP) is 2.65. The Labute approximate surface area is 97.7 Å². The zero-order chi connectivity index (χ0) is 12.6. The molecule has 1 fully saturated rings. The molecule has 1 aromatic rings. The van der Waals surface area contributed by atoms with Gasteiger partial charge in [0.15, 0.2) is 11.6 Å². The van der Waals surface area contributed by atoms with Gasteiger partial charge in [-0.1, -0.05) is 0 Å². The minimum absolute atomic E-state index is 0.150. The first-order chi connectivity index (χ1) is 8.06. The van der Waals surface area contributed by atoms with Crippen LogP contribution in [0.1, 0.15) is 30.1 Å². The Morgan fingerprint density at radius 3 is 2.53 bits per heavy atom. The minimum atomic E-state index is -1.46. The van der Waals surface area contributed by atoms with E-state index in [-0.39, 0.29) is 11.7 Å². The van der Waals surface area contributed by atoms with E-state index in [4.69, 9.17) is 5.11 Å². The average molecular weight is 241 g/mol. The lowest BCUT2D eigenvalue weighted by molar-refractivity contribution is 0.0690. The van der Waals surface area contributed by atoms with E-state index >= 15 is 0 Å². The highest BCUT2D eigenvalue weighted by molar-refractivity contribution is 5.88. The fourth-order valence-corrected chi connectivity index (χ4v) is 1.94. The third kappa shape index (κ3) is 2.09. The lowest BCUT2D eigenvalue weighted by Gasteiger charge is -2.23. The SMILES string of the molecule is CCN(c1ccc(C(=O)O)c(F)c1F)C1CC1. The third-order valence-electron chi connectivity index (χ3n) is 2.93. The van der Waals surface area contributed by atoms with Crippen LogP contribution in [0.25, 0.3) is 0 Å². The highest BCUT2D eigenvalue weighted by Gasteiger charge is 2.31. The molecular weight excluding hydrogens is 228 g/mol.